The molecular formula is C9H17N3O3S. The van der Waals surface area contributed by atoms with Crippen LogP contribution in [0.1, 0.15) is 32.0 Å². The first-order valence-electron chi connectivity index (χ1n) is 5.01. The molecule has 0 aliphatic rings. The molecular weight excluding hydrogens is 230 g/mol. The molecule has 16 heavy (non-hydrogen) atoms. The van der Waals surface area contributed by atoms with Gasteiger partial charge in [0.25, 0.3) is 0 Å². The molecule has 2 N–H and O–H groups in total. The second kappa shape index (κ2) is 4.50. The van der Waals surface area contributed by atoms with Gasteiger partial charge in [-0.2, -0.15) is 4.98 Å². The molecule has 0 saturated heterocycles. The molecule has 6 nitrogen and oxygen atoms in total. The highest BCUT2D eigenvalue weighted by molar-refractivity contribution is 7.89. The van der Waals surface area contributed by atoms with Crippen molar-refractivity contribution in [1.29, 1.82) is 0 Å². The third-order valence-electron chi connectivity index (χ3n) is 2.61. The highest BCUT2D eigenvalue weighted by Gasteiger charge is 2.30. The summed E-state index contributed by atoms with van der Waals surface area (Å²) in [5.74, 6) is 0.378. The number of hydrogen-bond acceptors (Lipinski definition) is 6. The summed E-state index contributed by atoms with van der Waals surface area (Å²) < 4.78 is 27.2. The van der Waals surface area contributed by atoms with Crippen LogP contribution in [-0.2, 0) is 21.0 Å². The maximum absolute atomic E-state index is 11.1. The summed E-state index contributed by atoms with van der Waals surface area (Å²) in [6.07, 6.45) is 1.88. The molecule has 1 atom stereocenters. The Morgan fingerprint density at radius 3 is 2.56 bits per heavy atom. The Kier molecular flexibility index (Phi) is 3.69. The van der Waals surface area contributed by atoms with Crippen molar-refractivity contribution in [1.82, 2.24) is 10.1 Å². The number of sulfone groups is 1. The average molecular weight is 247 g/mol. The first-order valence-corrected chi connectivity index (χ1v) is 7.07. The van der Waals surface area contributed by atoms with Gasteiger partial charge in [-0.1, -0.05) is 12.1 Å². The molecule has 0 aliphatic carbocycles. The highest BCUT2D eigenvalue weighted by atomic mass is 32.2. The fraction of sp³-hybridized carbons (Fsp3) is 0.778. The van der Waals surface area contributed by atoms with Crippen molar-refractivity contribution in [3.05, 3.63) is 11.7 Å². The van der Waals surface area contributed by atoms with E-state index in [-0.39, 0.29) is 17.0 Å². The third kappa shape index (κ3) is 3.02. The van der Waals surface area contributed by atoms with Crippen LogP contribution in [0.4, 0.5) is 0 Å². The largest absolute Gasteiger partial charge is 0.339 e. The van der Waals surface area contributed by atoms with Crippen LogP contribution in [-0.4, -0.2) is 31.4 Å². The molecule has 0 radical (unpaired) electrons. The molecule has 0 bridgehead atoms. The molecule has 0 aromatic carbocycles. The van der Waals surface area contributed by atoms with Crippen molar-refractivity contribution < 1.29 is 12.9 Å². The molecule has 0 saturated carbocycles. The fourth-order valence-corrected chi connectivity index (χ4v) is 1.76. The van der Waals surface area contributed by atoms with Crippen molar-refractivity contribution in [2.24, 2.45) is 5.73 Å². The van der Waals surface area contributed by atoms with Gasteiger partial charge in [0.05, 0.1) is 5.41 Å². The standard InChI is InChI=1S/C9H17N3O3S/c1-4-9(2,6-10)8-11-7(12-15-8)5-16(3,13)14/h4-6,10H2,1-3H3. The zero-order chi connectivity index (χ0) is 12.4. The smallest absolute Gasteiger partial charge is 0.233 e. The van der Waals surface area contributed by atoms with Crippen LogP contribution in [0.5, 0.6) is 0 Å². The van der Waals surface area contributed by atoms with Crippen LogP contribution in [0, 0.1) is 0 Å². The van der Waals surface area contributed by atoms with Crippen LogP contribution < -0.4 is 5.73 Å². The summed E-state index contributed by atoms with van der Waals surface area (Å²) >= 11 is 0. The van der Waals surface area contributed by atoms with Crippen molar-refractivity contribution >= 4 is 9.84 Å². The third-order valence-corrected chi connectivity index (χ3v) is 3.39. The lowest BCUT2D eigenvalue weighted by molar-refractivity contribution is 0.289. The minimum atomic E-state index is -3.14. The first-order chi connectivity index (χ1) is 7.30. The number of nitrogens with zero attached hydrogens (tertiary/aromatic N) is 2. The maximum atomic E-state index is 11.1. The SMILES string of the molecule is CCC(C)(CN)c1nc(CS(C)(=O)=O)no1. The van der Waals surface area contributed by atoms with Gasteiger partial charge < -0.3 is 10.3 Å². The van der Waals surface area contributed by atoms with E-state index in [1.807, 2.05) is 13.8 Å². The first kappa shape index (κ1) is 13.1. The summed E-state index contributed by atoms with van der Waals surface area (Å²) in [6, 6.07) is 0. The summed E-state index contributed by atoms with van der Waals surface area (Å²) in [7, 11) is -3.14. The molecule has 1 aromatic rings. The van der Waals surface area contributed by atoms with E-state index in [2.05, 4.69) is 10.1 Å². The van der Waals surface area contributed by atoms with Gasteiger partial charge in [-0.15, -0.1) is 0 Å². The van der Waals surface area contributed by atoms with Gasteiger partial charge in [-0.25, -0.2) is 8.42 Å². The van der Waals surface area contributed by atoms with Crippen LogP contribution in [0.3, 0.4) is 0 Å². The predicted molar refractivity (Wildman–Crippen MR) is 59.5 cm³/mol. The maximum Gasteiger partial charge on any atom is 0.233 e. The Bertz CT molecular complexity index is 448. The molecule has 0 spiro atoms. The molecule has 0 fully saturated rings. The van der Waals surface area contributed by atoms with E-state index in [0.29, 0.717) is 12.4 Å². The Balaban J connectivity index is 2.95. The fourth-order valence-electron chi connectivity index (χ4n) is 1.18. The Morgan fingerprint density at radius 1 is 1.50 bits per heavy atom. The number of aromatic nitrogens is 2. The Hall–Kier alpha value is -0.950. The van der Waals surface area contributed by atoms with Gasteiger partial charge in [0.2, 0.25) is 5.89 Å². The second-order valence-corrected chi connectivity index (χ2v) is 6.34. The van der Waals surface area contributed by atoms with Gasteiger partial charge >= 0.3 is 0 Å². The topological polar surface area (TPSA) is 99.1 Å². The lowest BCUT2D eigenvalue weighted by Crippen LogP contribution is -2.31. The molecule has 0 aliphatic heterocycles. The monoisotopic (exact) mass is 247 g/mol. The molecule has 1 unspecified atom stereocenters. The van der Waals surface area contributed by atoms with Crippen molar-refractivity contribution in [3.8, 4) is 0 Å². The van der Waals surface area contributed by atoms with Crippen molar-refractivity contribution in [3.63, 3.8) is 0 Å². The van der Waals surface area contributed by atoms with Crippen LogP contribution in [0.2, 0.25) is 0 Å². The lowest BCUT2D eigenvalue weighted by atomic mass is 9.88. The summed E-state index contributed by atoms with van der Waals surface area (Å²) in [6.45, 7) is 4.25. The van der Waals surface area contributed by atoms with Gasteiger partial charge in [-0.3, -0.25) is 0 Å². The van der Waals surface area contributed by atoms with E-state index >= 15 is 0 Å². The summed E-state index contributed by atoms with van der Waals surface area (Å²) in [5.41, 5.74) is 5.25. The Labute approximate surface area is 95.1 Å². The van der Waals surface area contributed by atoms with E-state index in [1.165, 1.54) is 0 Å². The zero-order valence-corrected chi connectivity index (χ0v) is 10.5. The number of rotatable bonds is 5. The van der Waals surface area contributed by atoms with Gasteiger partial charge in [0, 0.05) is 12.8 Å². The highest BCUT2D eigenvalue weighted by Crippen LogP contribution is 2.24. The Morgan fingerprint density at radius 2 is 2.12 bits per heavy atom. The molecule has 1 heterocycles. The van der Waals surface area contributed by atoms with Crippen LogP contribution >= 0.6 is 0 Å². The molecule has 92 valence electrons. The number of hydrogen-bond donors (Lipinski definition) is 1. The average Bonchev–Trinajstić information content (AvgIpc) is 2.63. The molecule has 1 rings (SSSR count). The van der Waals surface area contributed by atoms with E-state index < -0.39 is 9.84 Å². The van der Waals surface area contributed by atoms with Gasteiger partial charge in [-0.05, 0) is 13.3 Å². The van der Waals surface area contributed by atoms with Gasteiger partial charge in [0.1, 0.15) is 5.75 Å². The quantitative estimate of drug-likeness (QED) is 0.800. The summed E-state index contributed by atoms with van der Waals surface area (Å²) in [4.78, 5) is 4.07. The van der Waals surface area contributed by atoms with Gasteiger partial charge in [0.15, 0.2) is 15.7 Å². The minimum absolute atomic E-state index is 0.186. The van der Waals surface area contributed by atoms with E-state index in [1.54, 1.807) is 0 Å². The zero-order valence-electron chi connectivity index (χ0n) is 9.73. The van der Waals surface area contributed by atoms with E-state index in [0.717, 1.165) is 12.7 Å². The summed E-state index contributed by atoms with van der Waals surface area (Å²) in [5, 5.41) is 3.64. The normalized spacial score (nSPS) is 16.0. The van der Waals surface area contributed by atoms with Crippen molar-refractivity contribution in [2.45, 2.75) is 31.4 Å². The lowest BCUT2D eigenvalue weighted by Gasteiger charge is -2.20. The van der Waals surface area contributed by atoms with Crippen LogP contribution in [0.25, 0.3) is 0 Å². The van der Waals surface area contributed by atoms with E-state index in [9.17, 15) is 8.42 Å². The number of nitrogens with two attached hydrogens (primary N) is 1. The molecule has 0 amide bonds. The van der Waals surface area contributed by atoms with Crippen molar-refractivity contribution in [2.75, 3.05) is 12.8 Å². The van der Waals surface area contributed by atoms with Crippen LogP contribution in [0.15, 0.2) is 4.52 Å². The molecule has 1 aromatic heterocycles. The van der Waals surface area contributed by atoms with E-state index in [4.69, 9.17) is 10.3 Å². The second-order valence-electron chi connectivity index (χ2n) is 4.20. The predicted octanol–water partition coefficient (Wildman–Crippen LogP) is 0.241. The minimum Gasteiger partial charge on any atom is -0.339 e. The molecule has 7 heteroatoms.